The third-order valence-electron chi connectivity index (χ3n) is 16.3. The summed E-state index contributed by atoms with van der Waals surface area (Å²) in [7, 11) is -9.92. The highest BCUT2D eigenvalue weighted by molar-refractivity contribution is 7.47. The van der Waals surface area contributed by atoms with Crippen LogP contribution in [0.1, 0.15) is 349 Å². The van der Waals surface area contributed by atoms with E-state index >= 15 is 0 Å². The lowest BCUT2D eigenvalue weighted by Crippen LogP contribution is -2.30. The maximum absolute atomic E-state index is 13.1. The second-order valence-electron chi connectivity index (χ2n) is 25.6. The van der Waals surface area contributed by atoms with Crippen LogP contribution in [-0.4, -0.2) is 96.7 Å². The summed E-state index contributed by atoms with van der Waals surface area (Å²) in [5.41, 5.74) is 0. The number of aliphatic hydroxyl groups is 1. The zero-order valence-electron chi connectivity index (χ0n) is 59.9. The predicted molar refractivity (Wildman–Crippen MR) is 381 cm³/mol. The molecule has 0 aliphatic rings. The minimum atomic E-state index is -4.96. The molecule has 0 aliphatic carbocycles. The summed E-state index contributed by atoms with van der Waals surface area (Å²) in [6.07, 6.45) is 63.9. The van der Waals surface area contributed by atoms with Crippen LogP contribution in [0.3, 0.4) is 0 Å². The van der Waals surface area contributed by atoms with Crippen molar-refractivity contribution in [3.63, 3.8) is 0 Å². The van der Waals surface area contributed by atoms with Gasteiger partial charge in [-0.1, -0.05) is 288 Å². The SMILES string of the molecule is CC/C=C\C/C=C\C/C=C\CCCCCCCCCC(=O)OCC(COP(=O)(O)OCC(O)COP(=O)(O)OCC(COC(=O)CCCCCCC/C=C\CCCCCC)OC(=O)CCCCCCCCCCCCC)OC(=O)CCCCCCCCCCCCCCC. The molecule has 94 heavy (non-hydrogen) atoms. The average molecular weight is 1370 g/mol. The second kappa shape index (κ2) is 68.5. The van der Waals surface area contributed by atoms with Crippen LogP contribution < -0.4 is 0 Å². The summed E-state index contributed by atoms with van der Waals surface area (Å²) in [6, 6.07) is 0. The Labute approximate surface area is 572 Å². The smallest absolute Gasteiger partial charge is 0.462 e. The molecule has 0 saturated heterocycles. The van der Waals surface area contributed by atoms with Crippen LogP contribution in [0.5, 0.6) is 0 Å². The summed E-state index contributed by atoms with van der Waals surface area (Å²) < 4.78 is 68.4. The number of ether oxygens (including phenoxy) is 4. The zero-order valence-corrected chi connectivity index (χ0v) is 61.7. The lowest BCUT2D eigenvalue weighted by molar-refractivity contribution is -0.161. The molecular weight excluding hydrogens is 1230 g/mol. The Bertz CT molecular complexity index is 1980. The topological polar surface area (TPSA) is 237 Å². The van der Waals surface area contributed by atoms with E-state index in [2.05, 4.69) is 76.3 Å². The van der Waals surface area contributed by atoms with Crippen LogP contribution in [0.15, 0.2) is 48.6 Å². The quantitative estimate of drug-likeness (QED) is 0.0169. The van der Waals surface area contributed by atoms with E-state index in [0.29, 0.717) is 25.7 Å². The van der Waals surface area contributed by atoms with E-state index in [0.717, 1.165) is 154 Å². The van der Waals surface area contributed by atoms with Crippen LogP contribution in [0, 0.1) is 0 Å². The van der Waals surface area contributed by atoms with Gasteiger partial charge in [0.1, 0.15) is 19.3 Å². The Hall–Kier alpha value is -2.98. The van der Waals surface area contributed by atoms with Gasteiger partial charge in [0.05, 0.1) is 26.4 Å². The van der Waals surface area contributed by atoms with Gasteiger partial charge in [-0.2, -0.15) is 0 Å². The van der Waals surface area contributed by atoms with Gasteiger partial charge in [0.25, 0.3) is 0 Å². The molecule has 19 heteroatoms. The van der Waals surface area contributed by atoms with E-state index in [-0.39, 0.29) is 25.7 Å². The summed E-state index contributed by atoms with van der Waals surface area (Å²) >= 11 is 0. The molecule has 0 aromatic carbocycles. The number of carbonyl (C=O) groups is 4. The van der Waals surface area contributed by atoms with Crippen molar-refractivity contribution in [2.75, 3.05) is 39.6 Å². The van der Waals surface area contributed by atoms with Crippen LogP contribution in [0.25, 0.3) is 0 Å². The molecule has 0 radical (unpaired) electrons. The highest BCUT2D eigenvalue weighted by Gasteiger charge is 2.30. The fourth-order valence-corrected chi connectivity index (χ4v) is 12.1. The minimum absolute atomic E-state index is 0.1000. The van der Waals surface area contributed by atoms with Crippen molar-refractivity contribution in [3.05, 3.63) is 48.6 Å². The highest BCUT2D eigenvalue weighted by atomic mass is 31.2. The van der Waals surface area contributed by atoms with Crippen LogP contribution in [0.4, 0.5) is 0 Å². The molecule has 550 valence electrons. The average Bonchev–Trinajstić information content (AvgIpc) is 2.15. The zero-order chi connectivity index (χ0) is 69.0. The van der Waals surface area contributed by atoms with Crippen molar-refractivity contribution in [1.29, 1.82) is 0 Å². The fraction of sp³-hybridized carbons (Fsp3) is 0.840. The van der Waals surface area contributed by atoms with Crippen molar-refractivity contribution in [2.24, 2.45) is 0 Å². The van der Waals surface area contributed by atoms with Gasteiger partial charge in [-0.3, -0.25) is 37.3 Å². The Morgan fingerprint density at radius 3 is 0.872 bits per heavy atom. The third-order valence-corrected chi connectivity index (χ3v) is 18.2. The molecule has 0 rings (SSSR count). The summed E-state index contributed by atoms with van der Waals surface area (Å²) in [6.45, 7) is 4.78. The molecule has 0 heterocycles. The van der Waals surface area contributed by atoms with Gasteiger partial charge in [-0.05, 0) is 83.5 Å². The molecule has 5 unspecified atom stereocenters. The van der Waals surface area contributed by atoms with Crippen LogP contribution >= 0.6 is 15.6 Å². The first-order valence-electron chi connectivity index (χ1n) is 37.9. The molecule has 5 atom stereocenters. The van der Waals surface area contributed by atoms with Crippen molar-refractivity contribution in [2.45, 2.75) is 367 Å². The van der Waals surface area contributed by atoms with Gasteiger partial charge in [-0.15, -0.1) is 0 Å². The number of hydrogen-bond donors (Lipinski definition) is 3. The van der Waals surface area contributed by atoms with E-state index in [9.17, 15) is 43.2 Å². The predicted octanol–water partition coefficient (Wildman–Crippen LogP) is 21.3. The van der Waals surface area contributed by atoms with E-state index in [1.807, 2.05) is 0 Å². The Balaban J connectivity index is 5.28. The van der Waals surface area contributed by atoms with Gasteiger partial charge in [0.2, 0.25) is 0 Å². The number of rotatable bonds is 72. The lowest BCUT2D eigenvalue weighted by atomic mass is 10.0. The van der Waals surface area contributed by atoms with Crippen molar-refractivity contribution in [3.8, 4) is 0 Å². The van der Waals surface area contributed by atoms with Crippen LogP contribution in [0.2, 0.25) is 0 Å². The Morgan fingerprint density at radius 2 is 0.553 bits per heavy atom. The molecule has 17 nitrogen and oxygen atoms in total. The normalized spacial score (nSPS) is 14.2. The molecule has 3 N–H and O–H groups in total. The molecule has 0 aliphatic heterocycles. The molecule has 0 fully saturated rings. The van der Waals surface area contributed by atoms with E-state index < -0.39 is 97.5 Å². The Kier molecular flexibility index (Phi) is 66.4. The maximum atomic E-state index is 13.1. The molecule has 0 aromatic rings. The van der Waals surface area contributed by atoms with Gasteiger partial charge < -0.3 is 33.8 Å². The van der Waals surface area contributed by atoms with Crippen molar-refractivity contribution >= 4 is 39.5 Å². The molecule has 0 saturated carbocycles. The lowest BCUT2D eigenvalue weighted by Gasteiger charge is -2.21. The van der Waals surface area contributed by atoms with E-state index in [1.165, 1.54) is 116 Å². The third kappa shape index (κ3) is 67.6. The molecule has 0 aromatic heterocycles. The number of aliphatic hydroxyl groups excluding tert-OH is 1. The monoisotopic (exact) mass is 1370 g/mol. The highest BCUT2D eigenvalue weighted by Crippen LogP contribution is 2.45. The summed E-state index contributed by atoms with van der Waals surface area (Å²) in [5, 5.41) is 10.6. The van der Waals surface area contributed by atoms with Crippen LogP contribution in [-0.2, 0) is 65.4 Å². The first kappa shape index (κ1) is 91.0. The number of phosphoric acid groups is 2. The first-order valence-corrected chi connectivity index (χ1v) is 40.9. The number of allylic oxidation sites excluding steroid dienone is 8. The van der Waals surface area contributed by atoms with Gasteiger partial charge >= 0.3 is 39.5 Å². The van der Waals surface area contributed by atoms with Gasteiger partial charge in [-0.25, -0.2) is 9.13 Å². The van der Waals surface area contributed by atoms with Crippen molar-refractivity contribution < 1.29 is 80.2 Å². The number of esters is 4. The Morgan fingerprint density at radius 1 is 0.309 bits per heavy atom. The van der Waals surface area contributed by atoms with Crippen molar-refractivity contribution in [1.82, 2.24) is 0 Å². The number of carbonyl (C=O) groups excluding carboxylic acids is 4. The first-order chi connectivity index (χ1) is 45.7. The summed E-state index contributed by atoms with van der Waals surface area (Å²) in [4.78, 5) is 72.7. The molecular formula is C75H138O17P2. The van der Waals surface area contributed by atoms with E-state index in [1.54, 1.807) is 0 Å². The van der Waals surface area contributed by atoms with Gasteiger partial charge in [0.15, 0.2) is 12.2 Å². The number of phosphoric ester groups is 2. The number of hydrogen-bond acceptors (Lipinski definition) is 15. The van der Waals surface area contributed by atoms with Gasteiger partial charge in [0, 0.05) is 25.7 Å². The maximum Gasteiger partial charge on any atom is 0.472 e. The number of unbranched alkanes of at least 4 members (excludes halogenated alkanes) is 38. The molecule has 0 bridgehead atoms. The van der Waals surface area contributed by atoms with E-state index in [4.69, 9.17) is 37.0 Å². The fourth-order valence-electron chi connectivity index (χ4n) is 10.5. The summed E-state index contributed by atoms with van der Waals surface area (Å²) in [5.74, 6) is -2.16. The standard InChI is InChI=1S/C75H138O17P2/c1-5-9-13-17-21-25-29-32-33-34-35-38-41-44-48-52-56-60-73(78)86-66-71(92-75(80)62-58-54-50-46-42-37-31-27-23-19-15-11-7-3)68-90-94(83,84)88-64-69(76)63-87-93(81,82)89-67-70(91-74(79)61-57-53-49-45-39-28-24-20-16-12-8-4)65-85-72(77)59-55-51-47-43-40-36-30-26-22-18-14-10-6-2/h9,13,21,25-26,30,32-33,69-71,76H,5-8,10-12,14-20,22-24,27-29,31,34-68H2,1-4H3,(H,81,82)(H,83,84)/b13-9-,25-21-,30-26-,33-32-. The second-order valence-corrected chi connectivity index (χ2v) is 28.5. The minimum Gasteiger partial charge on any atom is -0.462 e. The molecule has 0 amide bonds. The largest absolute Gasteiger partial charge is 0.472 e. The molecule has 0 spiro atoms.